The van der Waals surface area contributed by atoms with E-state index in [0.29, 0.717) is 35.8 Å². The van der Waals surface area contributed by atoms with Crippen LogP contribution in [0.15, 0.2) is 48.5 Å². The van der Waals surface area contributed by atoms with Crippen molar-refractivity contribution >= 4 is 0 Å². The number of phenols is 4. The predicted molar refractivity (Wildman–Crippen MR) is 212 cm³/mol. The van der Waals surface area contributed by atoms with Crippen molar-refractivity contribution in [2.75, 3.05) is 0 Å². The predicted octanol–water partition coefficient (Wildman–Crippen LogP) is 11.8. The molecule has 4 rings (SSSR count). The average molecular weight is 729 g/mol. The minimum absolute atomic E-state index is 0. The van der Waals surface area contributed by atoms with Crippen molar-refractivity contribution in [1.82, 2.24) is 0 Å². The number of phenolic OH excluding ortho intramolecular Hbond substituents is 4. The molecule has 0 saturated heterocycles. The van der Waals surface area contributed by atoms with Crippen LogP contribution in [0.2, 0.25) is 0 Å². The average Bonchev–Trinajstić information content (AvgIpc) is 2.93. The normalized spacial score (nSPS) is 12.2. The molecular weight excluding hydrogens is 664 g/mol. The zero-order valence-electron chi connectivity index (χ0n) is 34.3. The van der Waals surface area contributed by atoms with Crippen LogP contribution in [-0.4, -0.2) is 20.4 Å². The molecule has 5 heteroatoms. The second-order valence-corrected chi connectivity index (χ2v) is 18.6. The molecule has 0 aliphatic heterocycles. The first-order valence-corrected chi connectivity index (χ1v) is 17.9. The summed E-state index contributed by atoms with van der Waals surface area (Å²) in [7, 11) is 0. The van der Waals surface area contributed by atoms with Crippen molar-refractivity contribution in [1.29, 1.82) is 0 Å². The molecule has 0 aliphatic rings. The van der Waals surface area contributed by atoms with Gasteiger partial charge in [0.2, 0.25) is 0 Å². The number of aryl methyl sites for hydroxylation is 4. The number of benzene rings is 4. The van der Waals surface area contributed by atoms with Crippen LogP contribution in [0.1, 0.15) is 150 Å². The smallest absolute Gasteiger partial charge is 0.122 e. The first-order chi connectivity index (χ1) is 22.6. The van der Waals surface area contributed by atoms with Crippen molar-refractivity contribution in [3.05, 3.63) is 115 Å². The van der Waals surface area contributed by atoms with E-state index >= 15 is 0 Å². The van der Waals surface area contributed by atoms with Gasteiger partial charge in [-0.3, -0.25) is 0 Å². The Morgan fingerprint density at radius 3 is 0.627 bits per heavy atom. The van der Waals surface area contributed by atoms with E-state index < -0.39 is 0 Å². The zero-order chi connectivity index (χ0) is 38.3. The molecule has 0 heterocycles. The summed E-state index contributed by atoms with van der Waals surface area (Å²) in [6, 6.07) is 16.3. The van der Waals surface area contributed by atoms with Gasteiger partial charge >= 0.3 is 0 Å². The standard InChI is InChI=1S/2C23H32O2.Ti/c2*1-14-9-16(20(24)18(11-14)22(3,4)5)13-17-10-15(2)12-19(21(17)25)23(6,7)8;/h2*9-12,24-25H,13H2,1-8H3;. The molecule has 0 spiro atoms. The van der Waals surface area contributed by atoms with Crippen molar-refractivity contribution in [3.8, 4) is 23.0 Å². The van der Waals surface area contributed by atoms with Crippen molar-refractivity contribution in [3.63, 3.8) is 0 Å². The Morgan fingerprint density at radius 1 is 0.333 bits per heavy atom. The Balaban J connectivity index is 0.000000347. The molecule has 276 valence electrons. The maximum Gasteiger partial charge on any atom is 0.122 e. The Hall–Kier alpha value is -3.21. The van der Waals surface area contributed by atoms with E-state index in [1.54, 1.807) is 0 Å². The van der Waals surface area contributed by atoms with E-state index in [9.17, 15) is 20.4 Å². The molecule has 0 atom stereocenters. The summed E-state index contributed by atoms with van der Waals surface area (Å²) in [4.78, 5) is 0. The van der Waals surface area contributed by atoms with E-state index in [0.717, 1.165) is 66.8 Å². The minimum atomic E-state index is -0.129. The van der Waals surface area contributed by atoms with Gasteiger partial charge in [0, 0.05) is 34.6 Å². The summed E-state index contributed by atoms with van der Waals surface area (Å²) in [5.41, 5.74) is 11.3. The third-order valence-corrected chi connectivity index (χ3v) is 9.33. The molecule has 0 bridgehead atoms. The third kappa shape index (κ3) is 10.9. The van der Waals surface area contributed by atoms with Crippen molar-refractivity contribution < 1.29 is 42.1 Å². The van der Waals surface area contributed by atoms with Crippen LogP contribution in [-0.2, 0) is 56.2 Å². The third-order valence-electron chi connectivity index (χ3n) is 9.33. The van der Waals surface area contributed by atoms with Gasteiger partial charge in [0.1, 0.15) is 23.0 Å². The van der Waals surface area contributed by atoms with Gasteiger partial charge in [-0.2, -0.15) is 0 Å². The fourth-order valence-corrected chi connectivity index (χ4v) is 6.65. The number of hydrogen-bond donors (Lipinski definition) is 4. The van der Waals surface area contributed by atoms with Crippen LogP contribution >= 0.6 is 0 Å². The molecule has 4 N–H and O–H groups in total. The van der Waals surface area contributed by atoms with E-state index in [1.807, 2.05) is 24.3 Å². The number of rotatable bonds is 4. The molecule has 0 saturated carbocycles. The summed E-state index contributed by atoms with van der Waals surface area (Å²) in [6.45, 7) is 33.5. The van der Waals surface area contributed by atoms with Crippen molar-refractivity contribution in [2.24, 2.45) is 0 Å². The van der Waals surface area contributed by atoms with Crippen LogP contribution in [0.25, 0.3) is 0 Å². The maximum absolute atomic E-state index is 10.8. The van der Waals surface area contributed by atoms with Crippen LogP contribution in [0.5, 0.6) is 23.0 Å². The SMILES string of the molecule is Cc1cc(Cc2cc(C)cc(C(C)(C)C)c2O)c(O)c(C(C)(C)C)c1.Cc1cc(Cc2cc(C)cc(C(C)(C)C)c2O)c(O)c(C(C)(C)C)c1.[Ti]. The van der Waals surface area contributed by atoms with Crippen LogP contribution in [0.3, 0.4) is 0 Å². The molecule has 0 fully saturated rings. The Bertz CT molecular complexity index is 1580. The summed E-state index contributed by atoms with van der Waals surface area (Å²) in [6.07, 6.45) is 1.04. The van der Waals surface area contributed by atoms with Crippen LogP contribution < -0.4 is 0 Å². The molecule has 4 aromatic carbocycles. The minimum Gasteiger partial charge on any atom is -0.507 e. The van der Waals surface area contributed by atoms with Gasteiger partial charge in [0.25, 0.3) is 0 Å². The second-order valence-electron chi connectivity index (χ2n) is 18.6. The molecule has 4 aromatic rings. The van der Waals surface area contributed by atoms with Gasteiger partial charge in [0.05, 0.1) is 0 Å². The zero-order valence-corrected chi connectivity index (χ0v) is 35.9. The molecular formula is C46H64O4Ti. The summed E-state index contributed by atoms with van der Waals surface area (Å²) >= 11 is 0. The molecule has 0 amide bonds. The molecule has 4 nitrogen and oxygen atoms in total. The molecule has 0 unspecified atom stereocenters. The van der Waals surface area contributed by atoms with E-state index in [-0.39, 0.29) is 43.4 Å². The Morgan fingerprint density at radius 2 is 0.490 bits per heavy atom. The van der Waals surface area contributed by atoms with Gasteiger partial charge in [-0.15, -0.1) is 0 Å². The first-order valence-electron chi connectivity index (χ1n) is 17.9. The van der Waals surface area contributed by atoms with Gasteiger partial charge in [-0.05, 0) is 93.9 Å². The quantitative estimate of drug-likeness (QED) is 0.158. The number of hydrogen-bond acceptors (Lipinski definition) is 4. The van der Waals surface area contributed by atoms with Crippen molar-refractivity contribution in [2.45, 2.75) is 145 Å². The first kappa shape index (κ1) is 44.0. The summed E-state index contributed by atoms with van der Waals surface area (Å²) in [5.74, 6) is 1.38. The molecule has 0 aromatic heterocycles. The molecule has 51 heavy (non-hydrogen) atoms. The van der Waals surface area contributed by atoms with Gasteiger partial charge in [-0.25, -0.2) is 0 Å². The topological polar surface area (TPSA) is 80.9 Å². The monoisotopic (exact) mass is 728 g/mol. The maximum atomic E-state index is 10.8. The molecule has 0 radical (unpaired) electrons. The van der Waals surface area contributed by atoms with Gasteiger partial charge < -0.3 is 20.4 Å². The molecule has 0 aliphatic carbocycles. The fourth-order valence-electron chi connectivity index (χ4n) is 6.65. The van der Waals surface area contributed by atoms with Crippen LogP contribution in [0, 0.1) is 27.7 Å². The Labute approximate surface area is 324 Å². The fraction of sp³-hybridized carbons (Fsp3) is 0.478. The Kier molecular flexibility index (Phi) is 13.6. The van der Waals surface area contributed by atoms with Gasteiger partial charge in [0.15, 0.2) is 0 Å². The van der Waals surface area contributed by atoms with E-state index in [2.05, 4.69) is 135 Å². The number of aromatic hydroxyl groups is 4. The van der Waals surface area contributed by atoms with E-state index in [4.69, 9.17) is 0 Å². The van der Waals surface area contributed by atoms with E-state index in [1.165, 1.54) is 0 Å². The summed E-state index contributed by atoms with van der Waals surface area (Å²) in [5, 5.41) is 43.3. The second kappa shape index (κ2) is 15.8. The van der Waals surface area contributed by atoms with Gasteiger partial charge in [-0.1, -0.05) is 154 Å². The van der Waals surface area contributed by atoms with Crippen LogP contribution in [0.4, 0.5) is 0 Å². The summed E-state index contributed by atoms with van der Waals surface area (Å²) < 4.78 is 0. The largest absolute Gasteiger partial charge is 0.507 e.